The fourth-order valence-corrected chi connectivity index (χ4v) is 2.25. The van der Waals surface area contributed by atoms with Gasteiger partial charge in [0.05, 0.1) is 17.0 Å². The quantitative estimate of drug-likeness (QED) is 0.897. The molecule has 0 aliphatic heterocycles. The second-order valence-corrected chi connectivity index (χ2v) is 6.11. The molecule has 0 saturated carbocycles. The molecule has 0 fully saturated rings. The van der Waals surface area contributed by atoms with E-state index in [4.69, 9.17) is 5.11 Å². The zero-order valence-electron chi connectivity index (χ0n) is 13.8. The second-order valence-electron chi connectivity index (χ2n) is 6.11. The molecule has 5 heteroatoms. The largest absolute Gasteiger partial charge is 0.478 e. The minimum Gasteiger partial charge on any atom is -0.478 e. The molecule has 0 aliphatic rings. The Morgan fingerprint density at radius 3 is 2.50 bits per heavy atom. The predicted octanol–water partition coefficient (Wildman–Crippen LogP) is 3.75. The number of rotatable bonds is 4. The monoisotopic (exact) mass is 322 g/mol. The number of nitrogens with one attached hydrogen (secondary N) is 1. The van der Waals surface area contributed by atoms with E-state index in [1.807, 2.05) is 0 Å². The van der Waals surface area contributed by atoms with Gasteiger partial charge >= 0.3 is 5.97 Å². The maximum atomic E-state index is 12.4. The molecule has 1 amide bonds. The van der Waals surface area contributed by atoms with E-state index in [-0.39, 0.29) is 11.5 Å². The van der Waals surface area contributed by atoms with Crippen molar-refractivity contribution in [2.24, 2.45) is 0 Å². The van der Waals surface area contributed by atoms with Crippen LogP contribution < -0.4 is 5.32 Å². The van der Waals surface area contributed by atoms with Gasteiger partial charge in [0.15, 0.2) is 0 Å². The number of nitriles is 1. The summed E-state index contributed by atoms with van der Waals surface area (Å²) in [6.07, 6.45) is 0. The van der Waals surface area contributed by atoms with Gasteiger partial charge in [-0.2, -0.15) is 5.26 Å². The molecule has 0 saturated heterocycles. The van der Waals surface area contributed by atoms with Gasteiger partial charge in [-0.25, -0.2) is 4.79 Å². The Morgan fingerprint density at radius 1 is 1.17 bits per heavy atom. The van der Waals surface area contributed by atoms with Crippen LogP contribution in [0.5, 0.6) is 0 Å². The molecule has 2 rings (SSSR count). The number of nitrogens with zero attached hydrogens (tertiary/aromatic N) is 1. The van der Waals surface area contributed by atoms with E-state index in [1.54, 1.807) is 57.2 Å². The Bertz CT molecular complexity index is 848. The molecule has 24 heavy (non-hydrogen) atoms. The van der Waals surface area contributed by atoms with Crippen molar-refractivity contribution in [3.63, 3.8) is 0 Å². The van der Waals surface area contributed by atoms with E-state index in [0.29, 0.717) is 16.8 Å². The van der Waals surface area contributed by atoms with Gasteiger partial charge in [-0.15, -0.1) is 0 Å². The summed E-state index contributed by atoms with van der Waals surface area (Å²) in [6.45, 7) is 5.26. The maximum absolute atomic E-state index is 12.4. The Kier molecular flexibility index (Phi) is 4.70. The minimum absolute atomic E-state index is 0.146. The maximum Gasteiger partial charge on any atom is 0.336 e. The Morgan fingerprint density at radius 2 is 1.88 bits per heavy atom. The zero-order chi connectivity index (χ0) is 17.9. The van der Waals surface area contributed by atoms with E-state index in [9.17, 15) is 14.9 Å². The highest BCUT2D eigenvalue weighted by Gasteiger charge is 2.21. The van der Waals surface area contributed by atoms with E-state index >= 15 is 0 Å². The fourth-order valence-electron chi connectivity index (χ4n) is 2.25. The number of carbonyl (C=O) groups excluding carboxylic acids is 1. The van der Waals surface area contributed by atoms with Crippen LogP contribution in [-0.4, -0.2) is 17.0 Å². The summed E-state index contributed by atoms with van der Waals surface area (Å²) in [4.78, 5) is 23.6. The number of carboxylic acids is 1. The fraction of sp³-hybridized carbons (Fsp3) is 0.211. The Labute approximate surface area is 140 Å². The van der Waals surface area contributed by atoms with Crippen LogP contribution in [0.15, 0.2) is 42.5 Å². The normalized spacial score (nSPS) is 10.8. The predicted molar refractivity (Wildman–Crippen MR) is 91.2 cm³/mol. The summed E-state index contributed by atoms with van der Waals surface area (Å²) in [7, 11) is 0. The summed E-state index contributed by atoms with van der Waals surface area (Å²) >= 11 is 0. The van der Waals surface area contributed by atoms with Crippen LogP contribution in [0.1, 0.15) is 45.7 Å². The van der Waals surface area contributed by atoms with Crippen molar-refractivity contribution in [1.82, 2.24) is 0 Å². The molecule has 0 aliphatic carbocycles. The van der Waals surface area contributed by atoms with Gasteiger partial charge < -0.3 is 10.4 Å². The number of aromatic carboxylic acids is 1. The summed E-state index contributed by atoms with van der Waals surface area (Å²) in [5.74, 6) is -1.40. The first-order valence-electron chi connectivity index (χ1n) is 7.41. The lowest BCUT2D eigenvalue weighted by Crippen LogP contribution is -2.17. The molecule has 0 unspecified atom stereocenters. The summed E-state index contributed by atoms with van der Waals surface area (Å²) < 4.78 is 0. The van der Waals surface area contributed by atoms with E-state index < -0.39 is 11.4 Å². The molecule has 2 aromatic carbocycles. The lowest BCUT2D eigenvalue weighted by atomic mass is 9.85. The average molecular weight is 322 g/mol. The van der Waals surface area contributed by atoms with Crippen LogP contribution in [-0.2, 0) is 5.41 Å². The van der Waals surface area contributed by atoms with Crippen molar-refractivity contribution in [2.45, 2.75) is 26.2 Å². The van der Waals surface area contributed by atoms with Gasteiger partial charge in [0.25, 0.3) is 5.91 Å². The minimum atomic E-state index is -1.04. The number of aryl methyl sites for hydroxylation is 1. The molecule has 5 nitrogen and oxygen atoms in total. The summed E-state index contributed by atoms with van der Waals surface area (Å²) in [5, 5.41) is 21.1. The van der Waals surface area contributed by atoms with Gasteiger partial charge in [-0.1, -0.05) is 18.2 Å². The van der Waals surface area contributed by atoms with Crippen molar-refractivity contribution in [1.29, 1.82) is 5.26 Å². The van der Waals surface area contributed by atoms with Crippen LogP contribution in [0.3, 0.4) is 0 Å². The van der Waals surface area contributed by atoms with Crippen LogP contribution in [0.2, 0.25) is 0 Å². The number of carboxylic acid groups (broad SMARTS) is 1. The number of hydrogen-bond acceptors (Lipinski definition) is 3. The van der Waals surface area contributed by atoms with Gasteiger partial charge in [0.2, 0.25) is 0 Å². The molecule has 122 valence electrons. The smallest absolute Gasteiger partial charge is 0.336 e. The standard InChI is InChI=1S/C19H18N2O3/c1-12-7-8-15(10-16(12)18(23)24)21-17(22)13-5-4-6-14(9-13)19(2,3)11-20/h4-10H,1-3H3,(H,21,22)(H,23,24). The van der Waals surface area contributed by atoms with Gasteiger partial charge in [-0.05, 0) is 56.2 Å². The van der Waals surface area contributed by atoms with Gasteiger partial charge in [0, 0.05) is 11.3 Å². The lowest BCUT2D eigenvalue weighted by molar-refractivity contribution is 0.0695. The molecular weight excluding hydrogens is 304 g/mol. The molecular formula is C19H18N2O3. The third kappa shape index (κ3) is 3.61. The Balaban J connectivity index is 2.28. The van der Waals surface area contributed by atoms with Crippen LogP contribution in [0, 0.1) is 18.3 Å². The van der Waals surface area contributed by atoms with E-state index in [0.717, 1.165) is 5.56 Å². The molecule has 2 aromatic rings. The highest BCUT2D eigenvalue weighted by atomic mass is 16.4. The third-order valence-corrected chi connectivity index (χ3v) is 3.85. The topological polar surface area (TPSA) is 90.2 Å². The molecule has 0 radical (unpaired) electrons. The van der Waals surface area contributed by atoms with Crippen molar-refractivity contribution in [3.05, 3.63) is 64.7 Å². The molecule has 0 spiro atoms. The SMILES string of the molecule is Cc1ccc(NC(=O)c2cccc(C(C)(C)C#N)c2)cc1C(=O)O. The van der Waals surface area contributed by atoms with Crippen molar-refractivity contribution >= 4 is 17.6 Å². The summed E-state index contributed by atoms with van der Waals surface area (Å²) in [5.41, 5.74) is 1.64. The zero-order valence-corrected chi connectivity index (χ0v) is 13.8. The van der Waals surface area contributed by atoms with Crippen LogP contribution in [0.25, 0.3) is 0 Å². The van der Waals surface area contributed by atoms with Gasteiger partial charge in [-0.3, -0.25) is 4.79 Å². The van der Waals surface area contributed by atoms with Crippen molar-refractivity contribution < 1.29 is 14.7 Å². The van der Waals surface area contributed by atoms with Crippen LogP contribution >= 0.6 is 0 Å². The van der Waals surface area contributed by atoms with Crippen molar-refractivity contribution in [3.8, 4) is 6.07 Å². The van der Waals surface area contributed by atoms with E-state index in [2.05, 4.69) is 11.4 Å². The number of anilines is 1. The van der Waals surface area contributed by atoms with Crippen molar-refractivity contribution in [2.75, 3.05) is 5.32 Å². The molecule has 0 atom stereocenters. The molecule has 0 bridgehead atoms. The van der Waals surface area contributed by atoms with E-state index in [1.165, 1.54) is 6.07 Å². The highest BCUT2D eigenvalue weighted by molar-refractivity contribution is 6.05. The molecule has 2 N–H and O–H groups in total. The first-order chi connectivity index (χ1) is 11.2. The molecule has 0 aromatic heterocycles. The first-order valence-corrected chi connectivity index (χ1v) is 7.41. The second kappa shape index (κ2) is 6.55. The highest BCUT2D eigenvalue weighted by Crippen LogP contribution is 2.23. The Hall–Kier alpha value is -3.13. The van der Waals surface area contributed by atoms with Gasteiger partial charge in [0.1, 0.15) is 0 Å². The number of carbonyl (C=O) groups is 2. The average Bonchev–Trinajstić information content (AvgIpc) is 2.56. The lowest BCUT2D eigenvalue weighted by Gasteiger charge is -2.16. The number of amides is 1. The number of benzene rings is 2. The number of hydrogen-bond donors (Lipinski definition) is 2. The summed E-state index contributed by atoms with van der Waals surface area (Å²) in [6, 6.07) is 13.8. The third-order valence-electron chi connectivity index (χ3n) is 3.85. The molecule has 0 heterocycles. The first kappa shape index (κ1) is 17.2. The van der Waals surface area contributed by atoms with Crippen LogP contribution in [0.4, 0.5) is 5.69 Å².